The summed E-state index contributed by atoms with van der Waals surface area (Å²) in [5.74, 6) is 1.10. The lowest BCUT2D eigenvalue weighted by atomic mass is 10.1. The number of anilines is 2. The Bertz CT molecular complexity index is 1080. The monoisotopic (exact) mass is 394 g/mol. The average molecular weight is 395 g/mol. The number of nitrogens with zero attached hydrogens (tertiary/aromatic N) is 2. The maximum Gasteiger partial charge on any atom is 0.209 e. The topological polar surface area (TPSA) is 83.2 Å². The van der Waals surface area contributed by atoms with Crippen molar-refractivity contribution in [3.63, 3.8) is 0 Å². The first-order valence-electron chi connectivity index (χ1n) is 8.93. The van der Waals surface area contributed by atoms with Crippen LogP contribution in [0.25, 0.3) is 22.2 Å². The summed E-state index contributed by atoms with van der Waals surface area (Å²) in [5, 5.41) is 15.8. The van der Waals surface area contributed by atoms with Crippen molar-refractivity contribution < 1.29 is 9.52 Å². The van der Waals surface area contributed by atoms with E-state index in [1.807, 2.05) is 48.5 Å². The van der Waals surface area contributed by atoms with Gasteiger partial charge in [0.1, 0.15) is 0 Å². The Balaban J connectivity index is 1.65. The zero-order valence-electron chi connectivity index (χ0n) is 15.0. The molecular formula is C21H19ClN4O2. The van der Waals surface area contributed by atoms with Crippen LogP contribution in [0.3, 0.4) is 0 Å². The average Bonchev–Trinajstić information content (AvgIpc) is 3.14. The summed E-state index contributed by atoms with van der Waals surface area (Å²) in [4.78, 5) is 8.91. The number of hydrogen-bond acceptors (Lipinski definition) is 6. The van der Waals surface area contributed by atoms with Gasteiger partial charge in [0.15, 0.2) is 16.9 Å². The quantitative estimate of drug-likeness (QED) is 0.404. The van der Waals surface area contributed by atoms with E-state index in [2.05, 4.69) is 20.6 Å². The van der Waals surface area contributed by atoms with E-state index in [1.165, 1.54) is 0 Å². The summed E-state index contributed by atoms with van der Waals surface area (Å²) >= 11 is 6.67. The predicted molar refractivity (Wildman–Crippen MR) is 111 cm³/mol. The van der Waals surface area contributed by atoms with Gasteiger partial charge in [-0.05, 0) is 11.6 Å². The smallest absolute Gasteiger partial charge is 0.209 e. The minimum absolute atomic E-state index is 0.0604. The third kappa shape index (κ3) is 3.84. The molecule has 0 atom stereocenters. The number of pyridine rings is 1. The number of nitrogens with one attached hydrogen (secondary N) is 2. The standard InChI is InChI=1S/C21H19ClN4O2/c22-19-15(14-5-2-1-3-6-14)7-4-8-16(19)25-21-20-17(9-10-24-21)28-18(26-20)13-23-11-12-27/h1-10,23,27H,11-13H2,(H,24,25). The van der Waals surface area contributed by atoms with Crippen molar-refractivity contribution in [2.24, 2.45) is 0 Å². The van der Waals surface area contributed by atoms with Crippen molar-refractivity contribution in [3.8, 4) is 11.1 Å². The van der Waals surface area contributed by atoms with Gasteiger partial charge >= 0.3 is 0 Å². The summed E-state index contributed by atoms with van der Waals surface area (Å²) < 4.78 is 5.75. The molecule has 2 aromatic carbocycles. The van der Waals surface area contributed by atoms with E-state index in [0.29, 0.717) is 40.9 Å². The van der Waals surface area contributed by atoms with Gasteiger partial charge in [-0.3, -0.25) is 0 Å². The highest BCUT2D eigenvalue weighted by Gasteiger charge is 2.14. The lowest BCUT2D eigenvalue weighted by Gasteiger charge is -2.11. The first-order valence-corrected chi connectivity index (χ1v) is 9.31. The predicted octanol–water partition coefficient (Wildman–Crippen LogP) is 4.37. The Morgan fingerprint density at radius 1 is 1.04 bits per heavy atom. The molecule has 0 amide bonds. The maximum absolute atomic E-state index is 8.88. The van der Waals surface area contributed by atoms with Crippen molar-refractivity contribution in [2.45, 2.75) is 6.54 Å². The van der Waals surface area contributed by atoms with Crippen LogP contribution in [0.4, 0.5) is 11.5 Å². The van der Waals surface area contributed by atoms with E-state index in [4.69, 9.17) is 21.1 Å². The molecule has 6 nitrogen and oxygen atoms in total. The van der Waals surface area contributed by atoms with Gasteiger partial charge in [0, 0.05) is 24.4 Å². The Morgan fingerprint density at radius 2 is 1.89 bits per heavy atom. The molecule has 0 bridgehead atoms. The molecule has 0 unspecified atom stereocenters. The molecule has 142 valence electrons. The number of rotatable bonds is 7. The second kappa shape index (κ2) is 8.39. The van der Waals surface area contributed by atoms with Gasteiger partial charge in [-0.25, -0.2) is 9.97 Å². The molecule has 0 saturated heterocycles. The van der Waals surface area contributed by atoms with Crippen LogP contribution >= 0.6 is 11.6 Å². The Hall–Kier alpha value is -2.93. The molecule has 0 aliphatic rings. The highest BCUT2D eigenvalue weighted by atomic mass is 35.5. The van der Waals surface area contributed by atoms with Gasteiger partial charge in [0.05, 0.1) is 23.9 Å². The number of benzene rings is 2. The molecule has 0 radical (unpaired) electrons. The SMILES string of the molecule is OCCNCc1nc2c(Nc3cccc(-c4ccccc4)c3Cl)nccc2o1. The van der Waals surface area contributed by atoms with Crippen LogP contribution in [-0.2, 0) is 6.54 Å². The van der Waals surface area contributed by atoms with Crippen LogP contribution in [0.15, 0.2) is 65.2 Å². The first-order chi connectivity index (χ1) is 13.8. The van der Waals surface area contributed by atoms with Gasteiger partial charge in [-0.1, -0.05) is 54.1 Å². The second-order valence-electron chi connectivity index (χ2n) is 6.17. The summed E-state index contributed by atoms with van der Waals surface area (Å²) in [5.41, 5.74) is 3.98. The normalized spacial score (nSPS) is 11.1. The van der Waals surface area contributed by atoms with Crippen LogP contribution in [-0.4, -0.2) is 28.2 Å². The number of fused-ring (bicyclic) bond motifs is 1. The molecule has 0 saturated carbocycles. The van der Waals surface area contributed by atoms with E-state index in [9.17, 15) is 0 Å². The number of halogens is 1. The third-order valence-electron chi connectivity index (χ3n) is 4.25. The van der Waals surface area contributed by atoms with Gasteiger partial charge in [-0.15, -0.1) is 0 Å². The van der Waals surface area contributed by atoms with Crippen LogP contribution in [0.5, 0.6) is 0 Å². The van der Waals surface area contributed by atoms with Gasteiger partial charge in [0.2, 0.25) is 5.89 Å². The molecule has 0 fully saturated rings. The van der Waals surface area contributed by atoms with E-state index < -0.39 is 0 Å². The highest BCUT2D eigenvalue weighted by molar-refractivity contribution is 6.36. The fraction of sp³-hybridized carbons (Fsp3) is 0.143. The first kappa shape index (κ1) is 18.4. The number of aliphatic hydroxyl groups is 1. The van der Waals surface area contributed by atoms with Crippen LogP contribution in [0.2, 0.25) is 5.02 Å². The van der Waals surface area contributed by atoms with Crippen LogP contribution in [0.1, 0.15) is 5.89 Å². The van der Waals surface area contributed by atoms with E-state index >= 15 is 0 Å². The van der Waals surface area contributed by atoms with Crippen LogP contribution in [0, 0.1) is 0 Å². The molecule has 28 heavy (non-hydrogen) atoms. The zero-order chi connectivity index (χ0) is 19.3. The van der Waals surface area contributed by atoms with Gasteiger partial charge in [0.25, 0.3) is 0 Å². The molecule has 0 spiro atoms. The molecule has 4 aromatic rings. The summed E-state index contributed by atoms with van der Waals surface area (Å²) in [6.07, 6.45) is 1.66. The van der Waals surface area contributed by atoms with E-state index in [0.717, 1.165) is 16.8 Å². The summed E-state index contributed by atoms with van der Waals surface area (Å²) in [6.45, 7) is 0.966. The van der Waals surface area contributed by atoms with Crippen molar-refractivity contribution in [2.75, 3.05) is 18.5 Å². The van der Waals surface area contributed by atoms with E-state index in [1.54, 1.807) is 12.3 Å². The van der Waals surface area contributed by atoms with Crippen LogP contribution < -0.4 is 10.6 Å². The maximum atomic E-state index is 8.88. The minimum atomic E-state index is 0.0604. The third-order valence-corrected chi connectivity index (χ3v) is 4.66. The number of hydrogen-bond donors (Lipinski definition) is 3. The van der Waals surface area contributed by atoms with Gasteiger partial charge in [-0.2, -0.15) is 0 Å². The molecule has 0 aliphatic heterocycles. The molecule has 2 heterocycles. The fourth-order valence-corrected chi connectivity index (χ4v) is 3.22. The van der Waals surface area contributed by atoms with Gasteiger partial charge < -0.3 is 20.2 Å². The summed E-state index contributed by atoms with van der Waals surface area (Å²) in [7, 11) is 0. The number of oxazole rings is 1. The molecule has 7 heteroatoms. The number of aliphatic hydroxyl groups excluding tert-OH is 1. The van der Waals surface area contributed by atoms with Crippen molar-refractivity contribution in [1.29, 1.82) is 0 Å². The Morgan fingerprint density at radius 3 is 2.71 bits per heavy atom. The molecule has 2 aromatic heterocycles. The minimum Gasteiger partial charge on any atom is -0.439 e. The molecule has 0 aliphatic carbocycles. The fourth-order valence-electron chi connectivity index (χ4n) is 2.94. The Kier molecular flexibility index (Phi) is 5.53. The number of aromatic nitrogens is 2. The lowest BCUT2D eigenvalue weighted by Crippen LogP contribution is -2.17. The van der Waals surface area contributed by atoms with Crippen molar-refractivity contribution in [3.05, 3.63) is 71.7 Å². The van der Waals surface area contributed by atoms with E-state index in [-0.39, 0.29) is 6.61 Å². The lowest BCUT2D eigenvalue weighted by molar-refractivity contribution is 0.289. The second-order valence-corrected chi connectivity index (χ2v) is 6.55. The molecular weight excluding hydrogens is 376 g/mol. The zero-order valence-corrected chi connectivity index (χ0v) is 15.8. The van der Waals surface area contributed by atoms with Crippen molar-refractivity contribution >= 4 is 34.2 Å². The summed E-state index contributed by atoms with van der Waals surface area (Å²) in [6, 6.07) is 17.6. The highest BCUT2D eigenvalue weighted by Crippen LogP contribution is 2.35. The molecule has 3 N–H and O–H groups in total. The molecule has 4 rings (SSSR count). The largest absolute Gasteiger partial charge is 0.439 e. The Labute approximate surface area is 167 Å². The van der Waals surface area contributed by atoms with Crippen molar-refractivity contribution in [1.82, 2.24) is 15.3 Å².